The number of hydrogen-bond donors (Lipinski definition) is 1. The molecule has 0 radical (unpaired) electrons. The molecule has 110 valence electrons. The molecule has 5 heteroatoms. The molecule has 0 aromatic heterocycles. The maximum Gasteiger partial charge on any atom is 0.255 e. The highest BCUT2D eigenvalue weighted by Gasteiger charge is 2.23. The van der Waals surface area contributed by atoms with Gasteiger partial charge in [-0.3, -0.25) is 4.79 Å². The van der Waals surface area contributed by atoms with Crippen molar-refractivity contribution in [3.63, 3.8) is 0 Å². The lowest BCUT2D eigenvalue weighted by atomic mass is 10.1. The van der Waals surface area contributed by atoms with E-state index in [1.165, 1.54) is 6.42 Å². The maximum atomic E-state index is 12.7. The molecule has 1 unspecified atom stereocenters. The van der Waals surface area contributed by atoms with Gasteiger partial charge in [0.05, 0.1) is 5.56 Å². The van der Waals surface area contributed by atoms with Crippen molar-refractivity contribution in [1.82, 2.24) is 10.2 Å². The standard InChI is InChI=1S/C15H20Br2N2O/c1-2-8-19(10-12-4-3-7-18-12)15(20)13-9-11(16)5-6-14(13)17/h5-6,9,12,18H,2-4,7-8,10H2,1H3. The van der Waals surface area contributed by atoms with Crippen LogP contribution in [-0.4, -0.2) is 36.5 Å². The van der Waals surface area contributed by atoms with Crippen LogP contribution < -0.4 is 5.32 Å². The molecule has 3 nitrogen and oxygen atoms in total. The minimum absolute atomic E-state index is 0.105. The smallest absolute Gasteiger partial charge is 0.255 e. The van der Waals surface area contributed by atoms with Crippen LogP contribution in [0, 0.1) is 0 Å². The van der Waals surface area contributed by atoms with Crippen molar-refractivity contribution in [3.05, 3.63) is 32.7 Å². The van der Waals surface area contributed by atoms with Crippen molar-refractivity contribution in [1.29, 1.82) is 0 Å². The van der Waals surface area contributed by atoms with E-state index in [4.69, 9.17) is 0 Å². The lowest BCUT2D eigenvalue weighted by Crippen LogP contribution is -2.41. The van der Waals surface area contributed by atoms with Gasteiger partial charge in [-0.15, -0.1) is 0 Å². The molecule has 1 saturated heterocycles. The summed E-state index contributed by atoms with van der Waals surface area (Å²) in [7, 11) is 0. The molecule has 0 aliphatic carbocycles. The molecule has 1 N–H and O–H groups in total. The van der Waals surface area contributed by atoms with E-state index in [2.05, 4.69) is 44.1 Å². The van der Waals surface area contributed by atoms with E-state index in [0.29, 0.717) is 6.04 Å². The summed E-state index contributed by atoms with van der Waals surface area (Å²) >= 11 is 6.92. The van der Waals surface area contributed by atoms with Crippen molar-refractivity contribution >= 4 is 37.8 Å². The summed E-state index contributed by atoms with van der Waals surface area (Å²) in [6.45, 7) is 4.78. The van der Waals surface area contributed by atoms with Gasteiger partial charge in [-0.2, -0.15) is 0 Å². The molecule has 0 bridgehead atoms. The molecule has 0 saturated carbocycles. The number of hydrogen-bond acceptors (Lipinski definition) is 2. The van der Waals surface area contributed by atoms with Crippen molar-refractivity contribution in [2.45, 2.75) is 32.2 Å². The van der Waals surface area contributed by atoms with Crippen molar-refractivity contribution in [2.24, 2.45) is 0 Å². The Morgan fingerprint density at radius 3 is 2.90 bits per heavy atom. The van der Waals surface area contributed by atoms with Gasteiger partial charge in [-0.1, -0.05) is 22.9 Å². The predicted molar refractivity (Wildman–Crippen MR) is 89.1 cm³/mol. The number of benzene rings is 1. The van der Waals surface area contributed by atoms with Crippen LogP contribution >= 0.6 is 31.9 Å². The second kappa shape index (κ2) is 7.57. The van der Waals surface area contributed by atoms with Gasteiger partial charge in [-0.05, 0) is 59.9 Å². The number of rotatable bonds is 5. The largest absolute Gasteiger partial charge is 0.337 e. The Morgan fingerprint density at radius 2 is 2.25 bits per heavy atom. The zero-order valence-corrected chi connectivity index (χ0v) is 14.8. The first-order valence-electron chi connectivity index (χ1n) is 7.09. The highest BCUT2D eigenvalue weighted by atomic mass is 79.9. The molecule has 1 aliphatic rings. The van der Waals surface area contributed by atoms with Crippen molar-refractivity contribution < 1.29 is 4.79 Å². The minimum Gasteiger partial charge on any atom is -0.337 e. The first-order chi connectivity index (χ1) is 9.61. The topological polar surface area (TPSA) is 32.3 Å². The van der Waals surface area contributed by atoms with Crippen molar-refractivity contribution in [2.75, 3.05) is 19.6 Å². The number of carbonyl (C=O) groups excluding carboxylic acids is 1. The molecule has 1 aromatic carbocycles. The monoisotopic (exact) mass is 402 g/mol. The summed E-state index contributed by atoms with van der Waals surface area (Å²) in [6, 6.07) is 6.17. The molecule has 1 fully saturated rings. The molecule has 1 amide bonds. The zero-order chi connectivity index (χ0) is 14.5. The lowest BCUT2D eigenvalue weighted by molar-refractivity contribution is 0.0741. The van der Waals surface area contributed by atoms with E-state index < -0.39 is 0 Å². The highest BCUT2D eigenvalue weighted by molar-refractivity contribution is 9.11. The summed E-state index contributed by atoms with van der Waals surface area (Å²) in [6.07, 6.45) is 3.34. The number of nitrogens with one attached hydrogen (secondary N) is 1. The summed E-state index contributed by atoms with van der Waals surface area (Å²) in [5.41, 5.74) is 0.728. The van der Waals surface area contributed by atoms with Crippen LogP contribution in [0.5, 0.6) is 0 Å². The number of amides is 1. The third-order valence-corrected chi connectivity index (χ3v) is 4.73. The fourth-order valence-corrected chi connectivity index (χ4v) is 3.33. The first-order valence-corrected chi connectivity index (χ1v) is 8.68. The van der Waals surface area contributed by atoms with E-state index in [0.717, 1.165) is 47.0 Å². The normalized spacial score (nSPS) is 18.2. The quantitative estimate of drug-likeness (QED) is 0.810. The van der Waals surface area contributed by atoms with E-state index in [1.54, 1.807) is 0 Å². The summed E-state index contributed by atoms with van der Waals surface area (Å²) in [5, 5.41) is 3.46. The molecule has 1 heterocycles. The van der Waals surface area contributed by atoms with Crippen LogP contribution in [0.1, 0.15) is 36.5 Å². The molecule has 1 aromatic rings. The molecule has 1 atom stereocenters. The summed E-state index contributed by atoms with van der Waals surface area (Å²) in [5.74, 6) is 0.105. The zero-order valence-electron chi connectivity index (χ0n) is 11.7. The van der Waals surface area contributed by atoms with E-state index in [9.17, 15) is 4.79 Å². The van der Waals surface area contributed by atoms with Gasteiger partial charge in [0.25, 0.3) is 5.91 Å². The number of carbonyl (C=O) groups is 1. The Labute approximate surface area is 137 Å². The van der Waals surface area contributed by atoms with Gasteiger partial charge in [0.15, 0.2) is 0 Å². The average Bonchev–Trinajstić information content (AvgIpc) is 2.93. The van der Waals surface area contributed by atoms with Gasteiger partial charge in [0, 0.05) is 28.1 Å². The van der Waals surface area contributed by atoms with Gasteiger partial charge in [0.1, 0.15) is 0 Å². The molecule has 20 heavy (non-hydrogen) atoms. The Bertz CT molecular complexity index is 473. The molecule has 0 spiro atoms. The van der Waals surface area contributed by atoms with E-state index >= 15 is 0 Å². The van der Waals surface area contributed by atoms with Crippen LogP contribution in [0.4, 0.5) is 0 Å². The minimum atomic E-state index is 0.105. The Kier molecular flexibility index (Phi) is 6.05. The van der Waals surface area contributed by atoms with Crippen LogP contribution in [0.15, 0.2) is 27.1 Å². The first kappa shape index (κ1) is 16.0. The predicted octanol–water partition coefficient (Wildman–Crippen LogP) is 3.82. The number of halogens is 2. The second-order valence-electron chi connectivity index (χ2n) is 5.17. The second-order valence-corrected chi connectivity index (χ2v) is 6.94. The Balaban J connectivity index is 2.14. The van der Waals surface area contributed by atoms with Crippen LogP contribution in [0.3, 0.4) is 0 Å². The maximum absolute atomic E-state index is 12.7. The SMILES string of the molecule is CCCN(CC1CCCN1)C(=O)c1cc(Br)ccc1Br. The van der Waals surface area contributed by atoms with Crippen LogP contribution in [-0.2, 0) is 0 Å². The summed E-state index contributed by atoms with van der Waals surface area (Å²) in [4.78, 5) is 14.7. The van der Waals surface area contributed by atoms with E-state index in [1.807, 2.05) is 23.1 Å². The van der Waals surface area contributed by atoms with Crippen LogP contribution in [0.2, 0.25) is 0 Å². The van der Waals surface area contributed by atoms with Gasteiger partial charge >= 0.3 is 0 Å². The molecular weight excluding hydrogens is 384 g/mol. The van der Waals surface area contributed by atoms with Crippen molar-refractivity contribution in [3.8, 4) is 0 Å². The molecular formula is C15H20Br2N2O. The third kappa shape index (κ3) is 4.06. The highest BCUT2D eigenvalue weighted by Crippen LogP contribution is 2.23. The fourth-order valence-electron chi connectivity index (χ4n) is 2.56. The molecule has 2 rings (SSSR count). The van der Waals surface area contributed by atoms with Gasteiger partial charge in [0.2, 0.25) is 0 Å². The van der Waals surface area contributed by atoms with E-state index in [-0.39, 0.29) is 5.91 Å². The summed E-state index contributed by atoms with van der Waals surface area (Å²) < 4.78 is 1.78. The molecule has 1 aliphatic heterocycles. The lowest BCUT2D eigenvalue weighted by Gasteiger charge is -2.26. The van der Waals surface area contributed by atoms with Crippen LogP contribution in [0.25, 0.3) is 0 Å². The average molecular weight is 404 g/mol. The Hall–Kier alpha value is -0.390. The van der Waals surface area contributed by atoms with Gasteiger partial charge in [-0.25, -0.2) is 0 Å². The number of nitrogens with zero attached hydrogens (tertiary/aromatic N) is 1. The fraction of sp³-hybridized carbons (Fsp3) is 0.533. The third-order valence-electron chi connectivity index (χ3n) is 3.54. The Morgan fingerprint density at radius 1 is 1.45 bits per heavy atom. The van der Waals surface area contributed by atoms with Gasteiger partial charge < -0.3 is 10.2 Å².